The smallest absolute Gasteiger partial charge is 0.305 e. The molecule has 0 saturated heterocycles. The third-order valence-electron chi connectivity index (χ3n) is 7.04. The fraction of sp³-hybridized carbons (Fsp3) is 0.457. The third-order valence-corrected chi connectivity index (χ3v) is 12.1. The quantitative estimate of drug-likeness (QED) is 0.0866. The lowest BCUT2D eigenvalue weighted by Crippen LogP contribution is -2.67. The molecule has 0 radical (unpaired) electrons. The van der Waals surface area contributed by atoms with Gasteiger partial charge in [0.25, 0.3) is 8.32 Å². The van der Waals surface area contributed by atoms with Gasteiger partial charge >= 0.3 is 5.97 Å². The van der Waals surface area contributed by atoms with Gasteiger partial charge in [0.1, 0.15) is 0 Å². The van der Waals surface area contributed by atoms with Crippen LogP contribution >= 0.6 is 0 Å². The zero-order valence-electron chi connectivity index (χ0n) is 24.9. The van der Waals surface area contributed by atoms with E-state index in [1.807, 2.05) is 0 Å². The van der Waals surface area contributed by atoms with E-state index in [1.54, 1.807) is 0 Å². The Morgan fingerprint density at radius 1 is 0.795 bits per heavy atom. The average molecular weight is 547 g/mol. The van der Waals surface area contributed by atoms with Crippen LogP contribution in [0.25, 0.3) is 0 Å². The molecule has 212 valence electrons. The largest absolute Gasteiger partial charge is 0.469 e. The molecular formula is C35H50O3Si. The molecule has 3 nitrogen and oxygen atoms in total. The molecule has 0 N–H and O–H groups in total. The lowest BCUT2D eigenvalue weighted by atomic mass is 10.1. The van der Waals surface area contributed by atoms with Crippen molar-refractivity contribution in [3.05, 3.63) is 97.1 Å². The van der Waals surface area contributed by atoms with Crippen LogP contribution in [0.5, 0.6) is 0 Å². The molecule has 0 bridgehead atoms. The summed E-state index contributed by atoms with van der Waals surface area (Å²) in [7, 11) is -1.19. The normalized spacial score (nSPS) is 13.5. The van der Waals surface area contributed by atoms with E-state index in [0.717, 1.165) is 44.9 Å². The molecule has 0 aliphatic heterocycles. The number of unbranched alkanes of at least 4 members (excludes halogenated alkanes) is 5. The van der Waals surface area contributed by atoms with Crippen molar-refractivity contribution in [2.75, 3.05) is 7.11 Å². The van der Waals surface area contributed by atoms with Crippen molar-refractivity contribution in [2.45, 2.75) is 96.6 Å². The number of hydrogen-bond acceptors (Lipinski definition) is 3. The number of rotatable bonds is 17. The molecule has 2 aromatic rings. The van der Waals surface area contributed by atoms with Gasteiger partial charge in [0, 0.05) is 6.42 Å². The first-order valence-corrected chi connectivity index (χ1v) is 16.6. The lowest BCUT2D eigenvalue weighted by molar-refractivity contribution is -0.140. The molecule has 1 atom stereocenters. The molecule has 0 aromatic heterocycles. The number of esters is 1. The van der Waals surface area contributed by atoms with Gasteiger partial charge in [0.15, 0.2) is 0 Å². The maximum absolute atomic E-state index is 11.3. The monoisotopic (exact) mass is 546 g/mol. The van der Waals surface area contributed by atoms with Crippen molar-refractivity contribution in [2.24, 2.45) is 0 Å². The fourth-order valence-corrected chi connectivity index (χ4v) is 9.57. The SMILES string of the molecule is CC/C=C\C/C=C\[C@H](/C=C\CCCCCCCC(=O)OC)O[Si](c1ccccc1)(c1ccccc1)C(C)(C)C. The van der Waals surface area contributed by atoms with Crippen LogP contribution < -0.4 is 10.4 Å². The van der Waals surface area contributed by atoms with Crippen LogP contribution in [0.15, 0.2) is 97.1 Å². The summed E-state index contributed by atoms with van der Waals surface area (Å²) < 4.78 is 12.1. The van der Waals surface area contributed by atoms with E-state index >= 15 is 0 Å². The molecule has 39 heavy (non-hydrogen) atoms. The van der Waals surface area contributed by atoms with E-state index in [-0.39, 0.29) is 17.1 Å². The molecule has 0 aliphatic rings. The van der Waals surface area contributed by atoms with E-state index < -0.39 is 8.32 Å². The molecule has 2 rings (SSSR count). The summed E-state index contributed by atoms with van der Waals surface area (Å²) in [5.41, 5.74) is 0. The van der Waals surface area contributed by atoms with Gasteiger partial charge in [-0.3, -0.25) is 4.79 Å². The summed E-state index contributed by atoms with van der Waals surface area (Å²) >= 11 is 0. The Morgan fingerprint density at radius 3 is 1.92 bits per heavy atom. The van der Waals surface area contributed by atoms with Gasteiger partial charge in [-0.25, -0.2) is 0 Å². The second-order valence-corrected chi connectivity index (χ2v) is 15.4. The molecule has 2 aromatic carbocycles. The van der Waals surface area contributed by atoms with Gasteiger partial charge in [-0.1, -0.05) is 144 Å². The minimum atomic E-state index is -2.65. The molecule has 0 spiro atoms. The van der Waals surface area contributed by atoms with Gasteiger partial charge in [-0.05, 0) is 47.5 Å². The topological polar surface area (TPSA) is 35.5 Å². The van der Waals surface area contributed by atoms with Crippen molar-refractivity contribution in [1.82, 2.24) is 0 Å². The summed E-state index contributed by atoms with van der Waals surface area (Å²) in [5.74, 6) is -0.108. The lowest BCUT2D eigenvalue weighted by Gasteiger charge is -2.44. The van der Waals surface area contributed by atoms with Crippen LogP contribution in [-0.4, -0.2) is 27.5 Å². The molecule has 0 aliphatic carbocycles. The minimum Gasteiger partial charge on any atom is -0.469 e. The Morgan fingerprint density at radius 2 is 1.36 bits per heavy atom. The van der Waals surface area contributed by atoms with Gasteiger partial charge in [0.2, 0.25) is 0 Å². The Labute approximate surface area is 239 Å². The molecular weight excluding hydrogens is 496 g/mol. The highest BCUT2D eigenvalue weighted by molar-refractivity contribution is 6.99. The summed E-state index contributed by atoms with van der Waals surface area (Å²) in [4.78, 5) is 11.3. The molecule has 0 heterocycles. The molecule has 0 amide bonds. The predicted octanol–water partition coefficient (Wildman–Crippen LogP) is 8.30. The Bertz CT molecular complexity index is 979. The second kappa shape index (κ2) is 17.8. The van der Waals surface area contributed by atoms with Crippen molar-refractivity contribution >= 4 is 24.7 Å². The zero-order chi connectivity index (χ0) is 28.4. The van der Waals surface area contributed by atoms with E-state index in [4.69, 9.17) is 9.16 Å². The maximum atomic E-state index is 11.3. The van der Waals surface area contributed by atoms with E-state index in [2.05, 4.69) is 125 Å². The Balaban J connectivity index is 2.23. The van der Waals surface area contributed by atoms with E-state index in [9.17, 15) is 4.79 Å². The van der Waals surface area contributed by atoms with Gasteiger partial charge in [0.05, 0.1) is 13.2 Å². The van der Waals surface area contributed by atoms with E-state index in [0.29, 0.717) is 6.42 Å². The number of ether oxygens (including phenoxy) is 1. The Hall–Kier alpha value is -2.69. The third kappa shape index (κ3) is 10.8. The number of hydrogen-bond donors (Lipinski definition) is 0. The highest BCUT2D eigenvalue weighted by atomic mass is 28.4. The number of methoxy groups -OCH3 is 1. The highest BCUT2D eigenvalue weighted by Crippen LogP contribution is 2.37. The number of carbonyl (C=O) groups is 1. The van der Waals surface area contributed by atoms with Crippen molar-refractivity contribution < 1.29 is 14.0 Å². The van der Waals surface area contributed by atoms with Crippen LogP contribution in [0.3, 0.4) is 0 Å². The van der Waals surface area contributed by atoms with E-state index in [1.165, 1.54) is 23.9 Å². The maximum Gasteiger partial charge on any atom is 0.305 e. The van der Waals surface area contributed by atoms with Crippen LogP contribution in [0.2, 0.25) is 5.04 Å². The highest BCUT2D eigenvalue weighted by Gasteiger charge is 2.51. The van der Waals surface area contributed by atoms with Crippen LogP contribution in [0.1, 0.15) is 85.5 Å². The standard InChI is InChI=1S/C35H50O3Si/c1-6-7-8-12-17-24-31(25-18-13-10-9-11-14-23-30-34(36)37-5)38-39(35(2,3)4,32-26-19-15-20-27-32)33-28-21-16-22-29-33/h7-8,15-22,24-29,31H,6,9-14,23,30H2,1-5H3/b8-7-,24-17-,25-18-/t31-/m1/s1. The predicted molar refractivity (Wildman–Crippen MR) is 169 cm³/mol. The summed E-state index contributed by atoms with van der Waals surface area (Å²) in [6.45, 7) is 9.15. The fourth-order valence-electron chi connectivity index (χ4n) is 4.99. The Kier molecular flexibility index (Phi) is 14.8. The summed E-state index contributed by atoms with van der Waals surface area (Å²) in [6.07, 6.45) is 22.3. The number of carbonyl (C=O) groups excluding carboxylic acids is 1. The van der Waals surface area contributed by atoms with Crippen molar-refractivity contribution in [3.8, 4) is 0 Å². The number of benzene rings is 2. The average Bonchev–Trinajstić information content (AvgIpc) is 2.94. The van der Waals surface area contributed by atoms with Gasteiger partial charge < -0.3 is 9.16 Å². The van der Waals surface area contributed by atoms with Gasteiger partial charge in [-0.2, -0.15) is 0 Å². The molecule has 0 fully saturated rings. The molecule has 4 heteroatoms. The first-order valence-electron chi connectivity index (χ1n) is 14.7. The minimum absolute atomic E-state index is 0.0675. The van der Waals surface area contributed by atoms with Crippen molar-refractivity contribution in [1.29, 1.82) is 0 Å². The molecule has 0 unspecified atom stereocenters. The van der Waals surface area contributed by atoms with Gasteiger partial charge in [-0.15, -0.1) is 0 Å². The number of allylic oxidation sites excluding steroid dienone is 4. The van der Waals surface area contributed by atoms with Crippen LogP contribution in [-0.2, 0) is 14.0 Å². The zero-order valence-corrected chi connectivity index (χ0v) is 25.9. The van der Waals surface area contributed by atoms with Crippen LogP contribution in [0, 0.1) is 0 Å². The second-order valence-electron chi connectivity index (χ2n) is 11.1. The molecule has 0 saturated carbocycles. The van der Waals surface area contributed by atoms with Crippen molar-refractivity contribution in [3.63, 3.8) is 0 Å². The first kappa shape index (κ1) is 32.5. The first-order chi connectivity index (χ1) is 18.8. The summed E-state index contributed by atoms with van der Waals surface area (Å²) in [5, 5.41) is 2.53. The summed E-state index contributed by atoms with van der Waals surface area (Å²) in [6, 6.07) is 21.7. The van der Waals surface area contributed by atoms with Crippen LogP contribution in [0.4, 0.5) is 0 Å².